The summed E-state index contributed by atoms with van der Waals surface area (Å²) in [5.41, 5.74) is 1.33. The van der Waals surface area contributed by atoms with Gasteiger partial charge in [-0.25, -0.2) is 28.4 Å². The maximum Gasteiger partial charge on any atom is 0.433 e. The van der Waals surface area contributed by atoms with E-state index in [0.717, 1.165) is 57.2 Å². The van der Waals surface area contributed by atoms with Crippen molar-refractivity contribution in [2.45, 2.75) is 45.3 Å². The Kier molecular flexibility index (Phi) is 5.56. The molecule has 182 valence electrons. The molecule has 2 aliphatic heterocycles. The Labute approximate surface area is 192 Å². The molecule has 0 atom stereocenters. The van der Waals surface area contributed by atoms with Crippen molar-refractivity contribution >= 4 is 22.7 Å². The molecule has 3 aromatic rings. The average molecular weight is 481 g/mol. The van der Waals surface area contributed by atoms with Gasteiger partial charge in [0.15, 0.2) is 5.65 Å². The van der Waals surface area contributed by atoms with Gasteiger partial charge in [0.2, 0.25) is 0 Å². The second-order valence-electron chi connectivity index (χ2n) is 9.17. The summed E-state index contributed by atoms with van der Waals surface area (Å²) in [7, 11) is 0. The van der Waals surface area contributed by atoms with Gasteiger partial charge in [-0.15, -0.1) is 0 Å². The molecule has 5 heterocycles. The summed E-state index contributed by atoms with van der Waals surface area (Å²) < 4.78 is 65.7. The van der Waals surface area contributed by atoms with Crippen LogP contribution in [0.2, 0.25) is 0 Å². The normalized spacial score (nSPS) is 18.6. The summed E-state index contributed by atoms with van der Waals surface area (Å²) in [5, 5.41) is 3.96. The number of fused-ring (bicyclic) bond motifs is 1. The predicted molar refractivity (Wildman–Crippen MR) is 116 cm³/mol. The minimum absolute atomic E-state index is 0.0701. The first-order valence-electron chi connectivity index (χ1n) is 11.1. The molecule has 1 spiro atoms. The number of aryl methyl sites for hydroxylation is 1. The molecule has 2 aliphatic rings. The Hall–Kier alpha value is -3.05. The van der Waals surface area contributed by atoms with Crippen molar-refractivity contribution in [3.8, 4) is 0 Å². The standard InChI is InChI=1S/C22H24F5N7/c1-14-8-17(22(25,26)27)29-10-16(14)33-7-4-21(13-33)2-5-32(6-3-21)19-11-28-15-9-30-34(12-18(23)24)20(15)31-19/h8-11,18H,2-7,12-13H2,1H3. The maximum absolute atomic E-state index is 13.0. The largest absolute Gasteiger partial charge is 0.433 e. The number of aromatic nitrogens is 5. The molecule has 3 aromatic heterocycles. The van der Waals surface area contributed by atoms with Crippen LogP contribution in [0.3, 0.4) is 0 Å². The first kappa shape index (κ1) is 22.7. The summed E-state index contributed by atoms with van der Waals surface area (Å²) in [6, 6.07) is 1.11. The molecule has 0 unspecified atom stereocenters. The Balaban J connectivity index is 1.27. The van der Waals surface area contributed by atoms with Crippen molar-refractivity contribution in [1.82, 2.24) is 24.7 Å². The number of hydrogen-bond acceptors (Lipinski definition) is 6. The Morgan fingerprint density at radius 3 is 2.35 bits per heavy atom. The fourth-order valence-corrected chi connectivity index (χ4v) is 5.05. The molecule has 0 aliphatic carbocycles. The van der Waals surface area contributed by atoms with E-state index in [-0.39, 0.29) is 5.41 Å². The van der Waals surface area contributed by atoms with Crippen LogP contribution in [0.5, 0.6) is 0 Å². The highest BCUT2D eigenvalue weighted by Crippen LogP contribution is 2.43. The van der Waals surface area contributed by atoms with Gasteiger partial charge in [-0.05, 0) is 43.2 Å². The minimum atomic E-state index is -4.45. The molecule has 0 bridgehead atoms. The van der Waals surface area contributed by atoms with Crippen LogP contribution >= 0.6 is 0 Å². The molecule has 0 saturated carbocycles. The lowest BCUT2D eigenvalue weighted by Gasteiger charge is -2.39. The smallest absolute Gasteiger partial charge is 0.369 e. The van der Waals surface area contributed by atoms with Crippen LogP contribution in [0.4, 0.5) is 33.5 Å². The topological polar surface area (TPSA) is 63.0 Å². The zero-order valence-electron chi connectivity index (χ0n) is 18.6. The summed E-state index contributed by atoms with van der Waals surface area (Å²) in [5.74, 6) is 0.635. The van der Waals surface area contributed by atoms with Gasteiger partial charge in [0, 0.05) is 26.2 Å². The molecular formula is C22H24F5N7. The van der Waals surface area contributed by atoms with Gasteiger partial charge in [0.05, 0.1) is 24.3 Å². The van der Waals surface area contributed by atoms with Gasteiger partial charge in [-0.1, -0.05) is 0 Å². The molecular weight excluding hydrogens is 457 g/mol. The predicted octanol–water partition coefficient (Wildman–Crippen LogP) is 4.31. The highest BCUT2D eigenvalue weighted by atomic mass is 19.4. The lowest BCUT2D eigenvalue weighted by molar-refractivity contribution is -0.141. The summed E-state index contributed by atoms with van der Waals surface area (Å²) >= 11 is 0. The van der Waals surface area contributed by atoms with Crippen LogP contribution in [-0.2, 0) is 12.7 Å². The number of alkyl halides is 5. The van der Waals surface area contributed by atoms with Crippen LogP contribution in [-0.4, -0.2) is 57.3 Å². The lowest BCUT2D eigenvalue weighted by atomic mass is 9.78. The number of rotatable bonds is 4. The number of anilines is 2. The SMILES string of the molecule is Cc1cc(C(F)(F)F)ncc1N1CCC2(CCN(c3cnc4cnn(CC(F)F)c4n3)CC2)C1. The zero-order chi connectivity index (χ0) is 24.1. The van der Waals surface area contributed by atoms with Crippen molar-refractivity contribution in [2.24, 2.45) is 5.41 Å². The van der Waals surface area contributed by atoms with E-state index in [9.17, 15) is 22.0 Å². The third-order valence-corrected chi connectivity index (χ3v) is 6.94. The monoisotopic (exact) mass is 481 g/mol. The Morgan fingerprint density at radius 2 is 1.71 bits per heavy atom. The van der Waals surface area contributed by atoms with Crippen molar-refractivity contribution in [3.63, 3.8) is 0 Å². The van der Waals surface area contributed by atoms with E-state index in [2.05, 4.69) is 29.9 Å². The van der Waals surface area contributed by atoms with Crippen LogP contribution in [0.25, 0.3) is 11.2 Å². The molecule has 2 saturated heterocycles. The zero-order valence-corrected chi connectivity index (χ0v) is 18.6. The van der Waals surface area contributed by atoms with Gasteiger partial charge in [0.25, 0.3) is 6.43 Å². The molecule has 0 aromatic carbocycles. The van der Waals surface area contributed by atoms with E-state index in [1.807, 2.05) is 0 Å². The van der Waals surface area contributed by atoms with E-state index in [0.29, 0.717) is 22.5 Å². The average Bonchev–Trinajstić information content (AvgIpc) is 3.37. The first-order chi connectivity index (χ1) is 16.1. The van der Waals surface area contributed by atoms with E-state index < -0.39 is 24.8 Å². The van der Waals surface area contributed by atoms with E-state index in [1.165, 1.54) is 17.1 Å². The van der Waals surface area contributed by atoms with Crippen LogP contribution in [0.15, 0.2) is 24.7 Å². The summed E-state index contributed by atoms with van der Waals surface area (Å²) in [4.78, 5) is 16.8. The summed E-state index contributed by atoms with van der Waals surface area (Å²) in [6.45, 7) is 4.17. The fraction of sp³-hybridized carbons (Fsp3) is 0.545. The molecule has 0 radical (unpaired) electrons. The van der Waals surface area contributed by atoms with E-state index in [4.69, 9.17) is 0 Å². The highest BCUT2D eigenvalue weighted by Gasteiger charge is 2.42. The molecule has 7 nitrogen and oxygen atoms in total. The van der Waals surface area contributed by atoms with Crippen molar-refractivity contribution < 1.29 is 22.0 Å². The number of nitrogens with zero attached hydrogens (tertiary/aromatic N) is 7. The van der Waals surface area contributed by atoms with Crippen molar-refractivity contribution in [1.29, 1.82) is 0 Å². The van der Waals surface area contributed by atoms with Gasteiger partial charge < -0.3 is 9.80 Å². The number of hydrogen-bond donors (Lipinski definition) is 0. The van der Waals surface area contributed by atoms with Crippen molar-refractivity contribution in [3.05, 3.63) is 35.9 Å². The summed E-state index contributed by atoms with van der Waals surface area (Å²) in [6.07, 6.45) is 0.173. The molecule has 5 rings (SSSR count). The quantitative estimate of drug-likeness (QED) is 0.518. The maximum atomic E-state index is 13.0. The molecule has 0 amide bonds. The van der Waals surface area contributed by atoms with Gasteiger partial charge >= 0.3 is 6.18 Å². The molecule has 0 N–H and O–H groups in total. The van der Waals surface area contributed by atoms with E-state index >= 15 is 0 Å². The second kappa shape index (κ2) is 8.31. The number of pyridine rings is 1. The fourth-order valence-electron chi connectivity index (χ4n) is 5.05. The van der Waals surface area contributed by atoms with Gasteiger partial charge in [0.1, 0.15) is 23.6 Å². The lowest BCUT2D eigenvalue weighted by Crippen LogP contribution is -2.42. The minimum Gasteiger partial charge on any atom is -0.369 e. The first-order valence-corrected chi connectivity index (χ1v) is 11.1. The number of piperidine rings is 1. The van der Waals surface area contributed by atoms with Gasteiger partial charge in [-0.2, -0.15) is 18.3 Å². The van der Waals surface area contributed by atoms with Crippen molar-refractivity contribution in [2.75, 3.05) is 36.0 Å². The Bertz CT molecular complexity index is 1180. The molecule has 34 heavy (non-hydrogen) atoms. The third-order valence-electron chi connectivity index (χ3n) is 6.94. The Morgan fingerprint density at radius 1 is 1.00 bits per heavy atom. The van der Waals surface area contributed by atoms with Crippen LogP contribution in [0.1, 0.15) is 30.5 Å². The van der Waals surface area contributed by atoms with Gasteiger partial charge in [-0.3, -0.25) is 0 Å². The van der Waals surface area contributed by atoms with Crippen LogP contribution < -0.4 is 9.80 Å². The second-order valence-corrected chi connectivity index (χ2v) is 9.17. The van der Waals surface area contributed by atoms with Crippen LogP contribution in [0, 0.1) is 12.3 Å². The number of halogens is 5. The molecule has 2 fully saturated rings. The van der Waals surface area contributed by atoms with E-state index in [1.54, 1.807) is 13.1 Å². The highest BCUT2D eigenvalue weighted by molar-refractivity contribution is 5.71. The molecule has 12 heteroatoms. The third kappa shape index (κ3) is 4.25.